The number of nitrogens with zero attached hydrogens (tertiary/aromatic N) is 1. The summed E-state index contributed by atoms with van der Waals surface area (Å²) in [6.07, 6.45) is 0. The molecule has 5 nitrogen and oxygen atoms in total. The Hall–Kier alpha value is -1.52. The lowest BCUT2D eigenvalue weighted by Crippen LogP contribution is -2.27. The molecule has 1 amide bonds. The molecule has 0 saturated heterocycles. The summed E-state index contributed by atoms with van der Waals surface area (Å²) in [6.45, 7) is 4.64. The van der Waals surface area contributed by atoms with Gasteiger partial charge in [0.15, 0.2) is 5.69 Å². The molecule has 0 saturated carbocycles. The Morgan fingerprint density at radius 1 is 1.77 bits per heavy atom. The van der Waals surface area contributed by atoms with Crippen molar-refractivity contribution in [3.05, 3.63) is 11.8 Å². The molecule has 0 aliphatic carbocycles. The molecule has 5 heteroatoms. The second-order valence-corrected chi connectivity index (χ2v) is 3.22. The number of carbonyl (C=O) groups excluding carboxylic acids is 1. The number of nitrogen functional groups attached to an aromatic ring is 1. The molecular weight excluding hydrogens is 170 g/mol. The van der Waals surface area contributed by atoms with Gasteiger partial charge in [0, 0.05) is 12.6 Å². The van der Waals surface area contributed by atoms with Gasteiger partial charge in [0.1, 0.15) is 0 Å². The highest BCUT2D eigenvalue weighted by molar-refractivity contribution is 5.92. The third-order valence-corrected chi connectivity index (χ3v) is 1.43. The first-order valence-corrected chi connectivity index (χ1v) is 4.10. The van der Waals surface area contributed by atoms with Crippen molar-refractivity contribution in [3.63, 3.8) is 0 Å². The van der Waals surface area contributed by atoms with Gasteiger partial charge >= 0.3 is 0 Å². The molecule has 0 aliphatic heterocycles. The Balaban J connectivity index is 2.49. The van der Waals surface area contributed by atoms with Crippen LogP contribution in [0.25, 0.3) is 0 Å². The molecule has 0 radical (unpaired) electrons. The van der Waals surface area contributed by atoms with E-state index in [4.69, 9.17) is 5.73 Å². The summed E-state index contributed by atoms with van der Waals surface area (Å²) in [5.74, 6) is 0.303. The van der Waals surface area contributed by atoms with Gasteiger partial charge in [-0.25, -0.2) is 0 Å². The van der Waals surface area contributed by atoms with Crippen LogP contribution >= 0.6 is 0 Å². The molecule has 0 bridgehead atoms. The Kier molecular flexibility index (Phi) is 2.89. The van der Waals surface area contributed by atoms with Crippen molar-refractivity contribution in [2.24, 2.45) is 5.92 Å². The van der Waals surface area contributed by atoms with Crippen molar-refractivity contribution in [3.8, 4) is 0 Å². The first kappa shape index (κ1) is 9.57. The quantitative estimate of drug-likeness (QED) is 0.720. The molecule has 1 aromatic rings. The van der Waals surface area contributed by atoms with Gasteiger partial charge in [0.25, 0.3) is 5.91 Å². The van der Waals surface area contributed by atoms with E-state index in [1.165, 1.54) is 6.07 Å². The monoisotopic (exact) mass is 183 g/mol. The summed E-state index contributed by atoms with van der Waals surface area (Å²) in [6, 6.07) is 1.40. The summed E-state index contributed by atoms with van der Waals surface area (Å²) in [5, 5.41) is 6.18. The van der Waals surface area contributed by atoms with Crippen LogP contribution in [0.1, 0.15) is 24.3 Å². The molecule has 0 atom stereocenters. The van der Waals surface area contributed by atoms with Gasteiger partial charge in [-0.3, -0.25) is 4.79 Å². The maximum absolute atomic E-state index is 11.3. The van der Waals surface area contributed by atoms with Crippen LogP contribution in [0.2, 0.25) is 0 Å². The molecule has 1 aromatic heterocycles. The Morgan fingerprint density at radius 3 is 2.92 bits per heavy atom. The number of hydrogen-bond donors (Lipinski definition) is 2. The number of aromatic nitrogens is 1. The second-order valence-electron chi connectivity index (χ2n) is 3.22. The van der Waals surface area contributed by atoms with Crippen molar-refractivity contribution in [2.75, 3.05) is 12.3 Å². The molecule has 13 heavy (non-hydrogen) atoms. The van der Waals surface area contributed by atoms with Crippen LogP contribution in [0.15, 0.2) is 10.6 Å². The average Bonchev–Trinajstić information content (AvgIpc) is 2.47. The van der Waals surface area contributed by atoms with Crippen LogP contribution in [0.5, 0.6) is 0 Å². The molecule has 1 heterocycles. The first-order chi connectivity index (χ1) is 6.09. The van der Waals surface area contributed by atoms with Gasteiger partial charge in [-0.1, -0.05) is 19.0 Å². The number of hydrogen-bond acceptors (Lipinski definition) is 4. The maximum Gasteiger partial charge on any atom is 0.273 e. The van der Waals surface area contributed by atoms with Gasteiger partial charge < -0.3 is 15.6 Å². The van der Waals surface area contributed by atoms with Crippen LogP contribution in [0.4, 0.5) is 5.88 Å². The normalized spacial score (nSPS) is 10.4. The molecule has 0 spiro atoms. The van der Waals surface area contributed by atoms with Crippen molar-refractivity contribution < 1.29 is 9.32 Å². The van der Waals surface area contributed by atoms with Crippen LogP contribution < -0.4 is 11.1 Å². The summed E-state index contributed by atoms with van der Waals surface area (Å²) < 4.78 is 4.56. The van der Waals surface area contributed by atoms with E-state index in [2.05, 4.69) is 15.0 Å². The van der Waals surface area contributed by atoms with Gasteiger partial charge in [-0.2, -0.15) is 0 Å². The Labute approximate surface area is 76.3 Å². The zero-order valence-electron chi connectivity index (χ0n) is 7.70. The van der Waals surface area contributed by atoms with E-state index < -0.39 is 0 Å². The van der Waals surface area contributed by atoms with E-state index in [-0.39, 0.29) is 17.5 Å². The maximum atomic E-state index is 11.3. The zero-order chi connectivity index (χ0) is 9.84. The summed E-state index contributed by atoms with van der Waals surface area (Å²) in [5.41, 5.74) is 5.48. The third-order valence-electron chi connectivity index (χ3n) is 1.43. The summed E-state index contributed by atoms with van der Waals surface area (Å²) in [7, 11) is 0. The average molecular weight is 183 g/mol. The third kappa shape index (κ3) is 2.77. The van der Waals surface area contributed by atoms with Gasteiger partial charge in [0.05, 0.1) is 0 Å². The largest absolute Gasteiger partial charge is 0.368 e. The van der Waals surface area contributed by atoms with Crippen LogP contribution in [-0.2, 0) is 0 Å². The minimum absolute atomic E-state index is 0.148. The molecule has 0 aliphatic rings. The lowest BCUT2D eigenvalue weighted by atomic mass is 10.2. The minimum atomic E-state index is -0.255. The lowest BCUT2D eigenvalue weighted by molar-refractivity contribution is 0.0940. The topological polar surface area (TPSA) is 81.2 Å². The fourth-order valence-electron chi connectivity index (χ4n) is 0.784. The van der Waals surface area contributed by atoms with Crippen molar-refractivity contribution in [2.45, 2.75) is 13.8 Å². The highest BCUT2D eigenvalue weighted by Crippen LogP contribution is 2.03. The first-order valence-electron chi connectivity index (χ1n) is 4.10. The second kappa shape index (κ2) is 3.93. The molecule has 0 unspecified atom stereocenters. The van der Waals surface area contributed by atoms with Crippen molar-refractivity contribution in [1.82, 2.24) is 10.5 Å². The SMILES string of the molecule is CC(C)CNC(=O)c1cc(N)on1. The van der Waals surface area contributed by atoms with Crippen LogP contribution in [-0.4, -0.2) is 17.6 Å². The number of anilines is 1. The van der Waals surface area contributed by atoms with E-state index >= 15 is 0 Å². The summed E-state index contributed by atoms with van der Waals surface area (Å²) in [4.78, 5) is 11.3. The molecular formula is C8H13N3O2. The molecule has 1 rings (SSSR count). The van der Waals surface area contributed by atoms with E-state index in [0.29, 0.717) is 12.5 Å². The fraction of sp³-hybridized carbons (Fsp3) is 0.500. The van der Waals surface area contributed by atoms with E-state index in [0.717, 1.165) is 0 Å². The molecule has 0 fully saturated rings. The highest BCUT2D eigenvalue weighted by atomic mass is 16.5. The van der Waals surface area contributed by atoms with Crippen molar-refractivity contribution in [1.29, 1.82) is 0 Å². The van der Waals surface area contributed by atoms with E-state index in [1.807, 2.05) is 13.8 Å². The Morgan fingerprint density at radius 2 is 2.46 bits per heavy atom. The number of carbonyl (C=O) groups is 1. The number of nitrogens with one attached hydrogen (secondary N) is 1. The summed E-state index contributed by atoms with van der Waals surface area (Å²) >= 11 is 0. The van der Waals surface area contributed by atoms with Gasteiger partial charge in [-0.05, 0) is 5.92 Å². The zero-order valence-corrected chi connectivity index (χ0v) is 7.70. The number of nitrogens with two attached hydrogens (primary N) is 1. The smallest absolute Gasteiger partial charge is 0.273 e. The van der Waals surface area contributed by atoms with Crippen LogP contribution in [0.3, 0.4) is 0 Å². The number of rotatable bonds is 3. The van der Waals surface area contributed by atoms with E-state index in [9.17, 15) is 4.79 Å². The Bertz CT molecular complexity index is 293. The van der Waals surface area contributed by atoms with Crippen molar-refractivity contribution >= 4 is 11.8 Å². The predicted molar refractivity (Wildman–Crippen MR) is 48.1 cm³/mol. The number of amides is 1. The van der Waals surface area contributed by atoms with E-state index in [1.54, 1.807) is 0 Å². The molecule has 72 valence electrons. The van der Waals surface area contributed by atoms with Gasteiger partial charge in [0.2, 0.25) is 5.88 Å². The molecule has 0 aromatic carbocycles. The minimum Gasteiger partial charge on any atom is -0.368 e. The standard InChI is InChI=1S/C8H13N3O2/c1-5(2)4-10-8(12)6-3-7(9)13-11-6/h3,5H,4,9H2,1-2H3,(H,10,12). The highest BCUT2D eigenvalue weighted by Gasteiger charge is 2.10. The lowest BCUT2D eigenvalue weighted by Gasteiger charge is -2.04. The molecule has 3 N–H and O–H groups in total. The fourth-order valence-corrected chi connectivity index (χ4v) is 0.784. The van der Waals surface area contributed by atoms with Gasteiger partial charge in [-0.15, -0.1) is 0 Å². The predicted octanol–water partition coefficient (Wildman–Crippen LogP) is 0.643. The van der Waals surface area contributed by atoms with Crippen LogP contribution in [0, 0.1) is 5.92 Å².